The van der Waals surface area contributed by atoms with Gasteiger partial charge < -0.3 is 19.1 Å². The second-order valence-electron chi connectivity index (χ2n) is 5.62. The molecule has 1 amide bonds. The standard InChI is InChI=1S/C16H20FNO4/c1-20-14-3-2-13(17)10-12(14)11-15(19)18-6-4-16(5-7-18)21-8-9-22-16/h2-3,10H,4-9,11H2,1H3. The third-order valence-corrected chi connectivity index (χ3v) is 4.28. The topological polar surface area (TPSA) is 48.0 Å². The van der Waals surface area contributed by atoms with Gasteiger partial charge in [-0.2, -0.15) is 0 Å². The molecular weight excluding hydrogens is 289 g/mol. The first-order valence-corrected chi connectivity index (χ1v) is 7.50. The van der Waals surface area contributed by atoms with Crippen molar-refractivity contribution in [2.45, 2.75) is 25.0 Å². The van der Waals surface area contributed by atoms with Gasteiger partial charge in [0, 0.05) is 31.5 Å². The van der Waals surface area contributed by atoms with Crippen LogP contribution >= 0.6 is 0 Å². The zero-order chi connectivity index (χ0) is 15.6. The van der Waals surface area contributed by atoms with Gasteiger partial charge in [-0.3, -0.25) is 4.79 Å². The Bertz CT molecular complexity index is 547. The first-order chi connectivity index (χ1) is 10.6. The average molecular weight is 309 g/mol. The van der Waals surface area contributed by atoms with E-state index < -0.39 is 5.79 Å². The molecule has 6 heteroatoms. The van der Waals surface area contributed by atoms with Gasteiger partial charge in [0.1, 0.15) is 11.6 Å². The van der Waals surface area contributed by atoms with Crippen molar-refractivity contribution in [2.24, 2.45) is 0 Å². The second kappa shape index (κ2) is 6.22. The largest absolute Gasteiger partial charge is 0.496 e. The summed E-state index contributed by atoms with van der Waals surface area (Å²) in [5.74, 6) is -0.357. The quantitative estimate of drug-likeness (QED) is 0.853. The molecule has 5 nitrogen and oxygen atoms in total. The van der Waals surface area contributed by atoms with E-state index in [0.29, 0.717) is 50.5 Å². The van der Waals surface area contributed by atoms with E-state index in [1.165, 1.54) is 19.2 Å². The Balaban J connectivity index is 1.62. The van der Waals surface area contributed by atoms with Crippen LogP contribution in [-0.2, 0) is 20.7 Å². The number of hydrogen-bond donors (Lipinski definition) is 0. The van der Waals surface area contributed by atoms with E-state index in [1.54, 1.807) is 11.0 Å². The Morgan fingerprint density at radius 3 is 2.64 bits per heavy atom. The number of carbonyl (C=O) groups is 1. The van der Waals surface area contributed by atoms with Crippen molar-refractivity contribution < 1.29 is 23.4 Å². The summed E-state index contributed by atoms with van der Waals surface area (Å²) in [5.41, 5.74) is 0.571. The molecule has 0 aliphatic carbocycles. The van der Waals surface area contributed by atoms with E-state index in [1.807, 2.05) is 0 Å². The van der Waals surface area contributed by atoms with Crippen LogP contribution in [0, 0.1) is 5.82 Å². The van der Waals surface area contributed by atoms with Crippen molar-refractivity contribution in [1.82, 2.24) is 4.90 Å². The van der Waals surface area contributed by atoms with E-state index in [4.69, 9.17) is 14.2 Å². The highest BCUT2D eigenvalue weighted by Crippen LogP contribution is 2.31. The molecule has 1 spiro atoms. The molecule has 0 bridgehead atoms. The lowest BCUT2D eigenvalue weighted by molar-refractivity contribution is -0.187. The van der Waals surface area contributed by atoms with E-state index in [-0.39, 0.29) is 18.1 Å². The smallest absolute Gasteiger partial charge is 0.227 e. The molecule has 22 heavy (non-hydrogen) atoms. The number of methoxy groups -OCH3 is 1. The molecule has 0 aromatic heterocycles. The number of benzene rings is 1. The summed E-state index contributed by atoms with van der Waals surface area (Å²) >= 11 is 0. The molecule has 3 rings (SSSR count). The van der Waals surface area contributed by atoms with Crippen LogP contribution in [0.25, 0.3) is 0 Å². The zero-order valence-electron chi connectivity index (χ0n) is 12.6. The average Bonchev–Trinajstić information content (AvgIpc) is 2.96. The molecular formula is C16H20FNO4. The normalized spacial score (nSPS) is 20.4. The molecule has 120 valence electrons. The minimum Gasteiger partial charge on any atom is -0.496 e. The highest BCUT2D eigenvalue weighted by molar-refractivity contribution is 5.79. The highest BCUT2D eigenvalue weighted by atomic mass is 19.1. The Hall–Kier alpha value is -1.66. The predicted molar refractivity (Wildman–Crippen MR) is 77.1 cm³/mol. The molecule has 0 saturated carbocycles. The number of likely N-dealkylation sites (tertiary alicyclic amines) is 1. The summed E-state index contributed by atoms with van der Waals surface area (Å²) in [7, 11) is 1.51. The minimum absolute atomic E-state index is 0.0308. The molecule has 2 aliphatic rings. The van der Waals surface area contributed by atoms with Crippen LogP contribution in [-0.4, -0.2) is 50.0 Å². The third kappa shape index (κ3) is 3.08. The molecule has 2 aliphatic heterocycles. The number of ether oxygens (including phenoxy) is 3. The second-order valence-corrected chi connectivity index (χ2v) is 5.62. The summed E-state index contributed by atoms with van der Waals surface area (Å²) in [4.78, 5) is 14.2. The van der Waals surface area contributed by atoms with Crippen LogP contribution in [0.15, 0.2) is 18.2 Å². The number of amides is 1. The van der Waals surface area contributed by atoms with E-state index in [9.17, 15) is 9.18 Å². The summed E-state index contributed by atoms with van der Waals surface area (Å²) in [5, 5.41) is 0. The third-order valence-electron chi connectivity index (χ3n) is 4.28. The fourth-order valence-electron chi connectivity index (χ4n) is 3.04. The van der Waals surface area contributed by atoms with Crippen molar-refractivity contribution >= 4 is 5.91 Å². The molecule has 2 heterocycles. The SMILES string of the molecule is COc1ccc(F)cc1CC(=O)N1CCC2(CC1)OCCO2. The number of piperidine rings is 1. The van der Waals surface area contributed by atoms with Crippen LogP contribution in [0.3, 0.4) is 0 Å². The van der Waals surface area contributed by atoms with Crippen molar-refractivity contribution in [3.05, 3.63) is 29.6 Å². The lowest BCUT2D eigenvalue weighted by Crippen LogP contribution is -2.47. The molecule has 1 aromatic rings. The van der Waals surface area contributed by atoms with Crippen molar-refractivity contribution in [1.29, 1.82) is 0 Å². The minimum atomic E-state index is -0.493. The number of halogens is 1. The van der Waals surface area contributed by atoms with Gasteiger partial charge in [-0.05, 0) is 18.2 Å². The number of rotatable bonds is 3. The first kappa shape index (κ1) is 15.2. The number of nitrogens with zero attached hydrogens (tertiary/aromatic N) is 1. The van der Waals surface area contributed by atoms with Gasteiger partial charge in [0.2, 0.25) is 5.91 Å². The van der Waals surface area contributed by atoms with Gasteiger partial charge in [-0.25, -0.2) is 4.39 Å². The van der Waals surface area contributed by atoms with E-state index >= 15 is 0 Å². The monoisotopic (exact) mass is 309 g/mol. The van der Waals surface area contributed by atoms with Gasteiger partial charge in [0.15, 0.2) is 5.79 Å². The van der Waals surface area contributed by atoms with Crippen LogP contribution in [0.4, 0.5) is 4.39 Å². The Morgan fingerprint density at radius 2 is 2.00 bits per heavy atom. The van der Waals surface area contributed by atoms with Gasteiger partial charge in [-0.15, -0.1) is 0 Å². The number of carbonyl (C=O) groups excluding carboxylic acids is 1. The number of hydrogen-bond acceptors (Lipinski definition) is 4. The Kier molecular flexibility index (Phi) is 4.31. The van der Waals surface area contributed by atoms with Crippen LogP contribution in [0.2, 0.25) is 0 Å². The van der Waals surface area contributed by atoms with E-state index in [0.717, 1.165) is 0 Å². The van der Waals surface area contributed by atoms with Gasteiger partial charge in [0.05, 0.1) is 26.7 Å². The molecule has 0 N–H and O–H groups in total. The predicted octanol–water partition coefficient (Wildman–Crippen LogP) is 1.74. The molecule has 2 saturated heterocycles. The van der Waals surface area contributed by atoms with Crippen molar-refractivity contribution in [2.75, 3.05) is 33.4 Å². The first-order valence-electron chi connectivity index (χ1n) is 7.50. The maximum Gasteiger partial charge on any atom is 0.227 e. The molecule has 0 radical (unpaired) electrons. The van der Waals surface area contributed by atoms with Crippen LogP contribution in [0.1, 0.15) is 18.4 Å². The van der Waals surface area contributed by atoms with E-state index in [2.05, 4.69) is 0 Å². The molecule has 2 fully saturated rings. The Morgan fingerprint density at radius 1 is 1.32 bits per heavy atom. The summed E-state index contributed by atoms with van der Waals surface area (Å²) in [6.07, 6.45) is 1.49. The van der Waals surface area contributed by atoms with Crippen molar-refractivity contribution in [3.63, 3.8) is 0 Å². The molecule has 1 aromatic carbocycles. The summed E-state index contributed by atoms with van der Waals surface area (Å²) < 4.78 is 29.9. The van der Waals surface area contributed by atoms with Gasteiger partial charge in [-0.1, -0.05) is 0 Å². The van der Waals surface area contributed by atoms with Gasteiger partial charge in [0.25, 0.3) is 0 Å². The van der Waals surface area contributed by atoms with Crippen molar-refractivity contribution in [3.8, 4) is 5.75 Å². The Labute approximate surface area is 128 Å². The van der Waals surface area contributed by atoms with Crippen LogP contribution < -0.4 is 4.74 Å². The highest BCUT2D eigenvalue weighted by Gasteiger charge is 2.40. The zero-order valence-corrected chi connectivity index (χ0v) is 12.6. The summed E-state index contributed by atoms with van der Waals surface area (Å²) in [6.45, 7) is 2.43. The molecule has 0 unspecified atom stereocenters. The fraction of sp³-hybridized carbons (Fsp3) is 0.562. The maximum atomic E-state index is 13.4. The molecule has 0 atom stereocenters. The fourth-order valence-corrected chi connectivity index (χ4v) is 3.04. The lowest BCUT2D eigenvalue weighted by atomic mass is 10.0. The van der Waals surface area contributed by atoms with Gasteiger partial charge >= 0.3 is 0 Å². The lowest BCUT2D eigenvalue weighted by Gasteiger charge is -2.37. The maximum absolute atomic E-state index is 13.4. The van der Waals surface area contributed by atoms with Crippen LogP contribution in [0.5, 0.6) is 5.75 Å². The summed E-state index contributed by atoms with van der Waals surface area (Å²) in [6, 6.07) is 4.22.